The van der Waals surface area contributed by atoms with Crippen molar-refractivity contribution >= 4 is 46.8 Å². The van der Waals surface area contributed by atoms with Crippen molar-refractivity contribution in [2.45, 2.75) is 13.0 Å². The van der Waals surface area contributed by atoms with Crippen LogP contribution in [0.5, 0.6) is 0 Å². The predicted octanol–water partition coefficient (Wildman–Crippen LogP) is 2.08. The number of esters is 1. The molecule has 0 fully saturated rings. The molecule has 2 aromatic heterocycles. The summed E-state index contributed by atoms with van der Waals surface area (Å²) < 4.78 is 4.95. The van der Waals surface area contributed by atoms with Gasteiger partial charge in [0.15, 0.2) is 6.10 Å². The summed E-state index contributed by atoms with van der Waals surface area (Å²) in [4.78, 5) is 43.3. The van der Waals surface area contributed by atoms with Crippen LogP contribution in [-0.4, -0.2) is 40.4 Å². The molecule has 0 spiro atoms. The van der Waals surface area contributed by atoms with E-state index in [2.05, 4.69) is 20.6 Å². The van der Waals surface area contributed by atoms with Gasteiger partial charge in [0, 0.05) is 17.4 Å². The number of halogens is 2. The Hall–Kier alpha value is -2.71. The van der Waals surface area contributed by atoms with Gasteiger partial charge in [-0.2, -0.15) is 0 Å². The molecule has 136 valence electrons. The highest BCUT2D eigenvalue weighted by atomic mass is 35.5. The van der Waals surface area contributed by atoms with Crippen molar-refractivity contribution in [1.82, 2.24) is 15.3 Å². The molecule has 0 radical (unpaired) electrons. The molecule has 2 heterocycles. The molecule has 1 atom stereocenters. The van der Waals surface area contributed by atoms with Crippen molar-refractivity contribution in [2.24, 2.45) is 0 Å². The van der Waals surface area contributed by atoms with Crippen molar-refractivity contribution in [1.29, 1.82) is 0 Å². The Labute approximate surface area is 158 Å². The predicted molar refractivity (Wildman–Crippen MR) is 95.0 cm³/mol. The van der Waals surface area contributed by atoms with Gasteiger partial charge in [-0.15, -0.1) is 0 Å². The maximum Gasteiger partial charge on any atom is 0.326 e. The molecule has 0 unspecified atom stereocenters. The monoisotopic (exact) mass is 396 g/mol. The molecule has 2 aromatic rings. The number of carbonyl (C=O) groups excluding carboxylic acids is 3. The minimum Gasteiger partial charge on any atom is -0.451 e. The summed E-state index contributed by atoms with van der Waals surface area (Å²) in [6.07, 6.45) is 1.65. The van der Waals surface area contributed by atoms with Gasteiger partial charge in [-0.25, -0.2) is 4.98 Å². The zero-order chi connectivity index (χ0) is 19.1. The van der Waals surface area contributed by atoms with E-state index >= 15 is 0 Å². The fourth-order valence-electron chi connectivity index (χ4n) is 1.74. The smallest absolute Gasteiger partial charge is 0.326 e. The highest BCUT2D eigenvalue weighted by Crippen LogP contribution is 2.10. The molecule has 0 saturated heterocycles. The third-order valence-electron chi connectivity index (χ3n) is 3.00. The Bertz CT molecular complexity index is 814. The van der Waals surface area contributed by atoms with Gasteiger partial charge in [-0.1, -0.05) is 23.2 Å². The van der Waals surface area contributed by atoms with Crippen LogP contribution in [-0.2, 0) is 14.3 Å². The van der Waals surface area contributed by atoms with E-state index < -0.39 is 30.4 Å². The van der Waals surface area contributed by atoms with Crippen molar-refractivity contribution in [2.75, 3.05) is 11.9 Å². The summed E-state index contributed by atoms with van der Waals surface area (Å²) in [6.45, 7) is 0.966. The minimum atomic E-state index is -1.08. The summed E-state index contributed by atoms with van der Waals surface area (Å²) in [5.74, 6) is -1.68. The lowest BCUT2D eigenvalue weighted by molar-refractivity contribution is -0.152. The first kappa shape index (κ1) is 19.6. The molecule has 2 N–H and O–H groups in total. The van der Waals surface area contributed by atoms with Crippen LogP contribution in [0.2, 0.25) is 10.0 Å². The zero-order valence-corrected chi connectivity index (χ0v) is 15.0. The van der Waals surface area contributed by atoms with E-state index in [-0.39, 0.29) is 11.5 Å². The third kappa shape index (κ3) is 5.98. The molecule has 0 aliphatic rings. The molecule has 26 heavy (non-hydrogen) atoms. The normalized spacial score (nSPS) is 11.3. The molecule has 8 nitrogen and oxygen atoms in total. The van der Waals surface area contributed by atoms with Gasteiger partial charge in [0.05, 0.1) is 5.02 Å². The molecular formula is C16H14Cl2N4O4. The standard InChI is InChI=1S/C16H14Cl2N4O4/c1-9(15(24)22-13-3-2-11(18)7-20-13)26-14(23)8-21-16(25)12-6-10(17)4-5-19-12/h2-7,9H,8H2,1H3,(H,21,25)(H,20,22,24)/t9-/m1/s1. The van der Waals surface area contributed by atoms with Crippen LogP contribution in [0.15, 0.2) is 36.7 Å². The lowest BCUT2D eigenvalue weighted by Gasteiger charge is -2.13. The molecule has 0 aliphatic carbocycles. The van der Waals surface area contributed by atoms with Crippen LogP contribution in [0.4, 0.5) is 5.82 Å². The van der Waals surface area contributed by atoms with E-state index in [1.807, 2.05) is 0 Å². The first-order chi connectivity index (χ1) is 12.3. The second kappa shape index (κ2) is 9.12. The lowest BCUT2D eigenvalue weighted by atomic mass is 10.3. The lowest BCUT2D eigenvalue weighted by Crippen LogP contribution is -2.36. The topological polar surface area (TPSA) is 110 Å². The van der Waals surface area contributed by atoms with E-state index in [1.54, 1.807) is 6.07 Å². The number of amides is 2. The van der Waals surface area contributed by atoms with Crippen LogP contribution < -0.4 is 10.6 Å². The van der Waals surface area contributed by atoms with E-state index in [4.69, 9.17) is 27.9 Å². The first-order valence-corrected chi connectivity index (χ1v) is 8.12. The van der Waals surface area contributed by atoms with E-state index in [9.17, 15) is 14.4 Å². The highest BCUT2D eigenvalue weighted by Gasteiger charge is 2.19. The average molecular weight is 397 g/mol. The van der Waals surface area contributed by atoms with Crippen molar-refractivity contribution in [3.05, 3.63) is 52.4 Å². The van der Waals surface area contributed by atoms with Crippen molar-refractivity contribution in [3.8, 4) is 0 Å². The van der Waals surface area contributed by atoms with E-state index in [0.717, 1.165) is 0 Å². The molecule has 2 rings (SSSR count). The van der Waals surface area contributed by atoms with Gasteiger partial charge >= 0.3 is 5.97 Å². The summed E-state index contributed by atoms with van der Waals surface area (Å²) in [5, 5.41) is 5.57. The maximum atomic E-state index is 12.0. The number of hydrogen-bond acceptors (Lipinski definition) is 6. The molecule has 10 heteroatoms. The summed E-state index contributed by atoms with van der Waals surface area (Å²) in [6, 6.07) is 5.94. The number of rotatable bonds is 6. The Morgan fingerprint density at radius 3 is 2.58 bits per heavy atom. The van der Waals surface area contributed by atoms with Crippen molar-refractivity contribution in [3.63, 3.8) is 0 Å². The number of nitrogens with one attached hydrogen (secondary N) is 2. The van der Waals surface area contributed by atoms with Gasteiger partial charge in [-0.05, 0) is 31.2 Å². The van der Waals surface area contributed by atoms with Crippen LogP contribution >= 0.6 is 23.2 Å². The van der Waals surface area contributed by atoms with Crippen LogP contribution in [0, 0.1) is 0 Å². The minimum absolute atomic E-state index is 0.0601. The second-order valence-corrected chi connectivity index (χ2v) is 5.90. The second-order valence-electron chi connectivity index (χ2n) is 5.02. The highest BCUT2D eigenvalue weighted by molar-refractivity contribution is 6.31. The summed E-state index contributed by atoms with van der Waals surface area (Å²) in [7, 11) is 0. The van der Waals surface area contributed by atoms with Gasteiger partial charge < -0.3 is 15.4 Å². The Kier molecular flexibility index (Phi) is 6.88. The van der Waals surface area contributed by atoms with Crippen molar-refractivity contribution < 1.29 is 19.1 Å². The number of anilines is 1. The summed E-state index contributed by atoms with van der Waals surface area (Å²) in [5.41, 5.74) is 0.0601. The van der Waals surface area contributed by atoms with Gasteiger partial charge in [0.25, 0.3) is 11.8 Å². The van der Waals surface area contributed by atoms with Gasteiger partial charge in [0.2, 0.25) is 0 Å². The third-order valence-corrected chi connectivity index (χ3v) is 3.46. The van der Waals surface area contributed by atoms with E-state index in [0.29, 0.717) is 10.0 Å². The van der Waals surface area contributed by atoms with Crippen LogP contribution in [0.3, 0.4) is 0 Å². The quantitative estimate of drug-likeness (QED) is 0.723. The Morgan fingerprint density at radius 1 is 1.15 bits per heavy atom. The maximum absolute atomic E-state index is 12.0. The molecule has 0 saturated carbocycles. The molecule has 2 amide bonds. The molecule has 0 aliphatic heterocycles. The first-order valence-electron chi connectivity index (χ1n) is 7.37. The fourth-order valence-corrected chi connectivity index (χ4v) is 2.01. The molecular weight excluding hydrogens is 383 g/mol. The van der Waals surface area contributed by atoms with Crippen LogP contribution in [0.25, 0.3) is 0 Å². The van der Waals surface area contributed by atoms with Crippen LogP contribution in [0.1, 0.15) is 17.4 Å². The number of carbonyl (C=O) groups is 3. The Morgan fingerprint density at radius 2 is 1.92 bits per heavy atom. The number of pyridine rings is 2. The molecule has 0 aromatic carbocycles. The Balaban J connectivity index is 1.80. The number of ether oxygens (including phenoxy) is 1. The number of nitrogens with zero attached hydrogens (tertiary/aromatic N) is 2. The number of aromatic nitrogens is 2. The molecule has 0 bridgehead atoms. The zero-order valence-electron chi connectivity index (χ0n) is 13.5. The number of hydrogen-bond donors (Lipinski definition) is 2. The summed E-state index contributed by atoms with van der Waals surface area (Å²) >= 11 is 11.5. The van der Waals surface area contributed by atoms with Gasteiger partial charge in [-0.3, -0.25) is 19.4 Å². The largest absolute Gasteiger partial charge is 0.451 e. The van der Waals surface area contributed by atoms with Gasteiger partial charge in [0.1, 0.15) is 18.1 Å². The fraction of sp³-hybridized carbons (Fsp3) is 0.188. The average Bonchev–Trinajstić information content (AvgIpc) is 2.61. The van der Waals surface area contributed by atoms with E-state index in [1.165, 1.54) is 37.5 Å². The SMILES string of the molecule is C[C@@H](OC(=O)CNC(=O)c1cc(Cl)ccn1)C(=O)Nc1ccc(Cl)cn1.